The van der Waals surface area contributed by atoms with Gasteiger partial charge in [0.1, 0.15) is 0 Å². The first kappa shape index (κ1) is 14.6. The van der Waals surface area contributed by atoms with Crippen LogP contribution < -0.4 is 10.2 Å². The van der Waals surface area contributed by atoms with E-state index in [2.05, 4.69) is 61.4 Å². The number of hydrogen-bond acceptors (Lipinski definition) is 3. The highest BCUT2D eigenvalue weighted by atomic mass is 32.1. The van der Waals surface area contributed by atoms with Crippen molar-refractivity contribution in [2.75, 3.05) is 11.9 Å². The molecular weight excluding hydrogens is 276 g/mol. The molecule has 3 heteroatoms. The van der Waals surface area contributed by atoms with Crippen LogP contribution in [0.5, 0.6) is 0 Å². The third-order valence-corrected chi connectivity index (χ3v) is 5.19. The van der Waals surface area contributed by atoms with Gasteiger partial charge in [-0.15, -0.1) is 11.3 Å². The molecule has 0 saturated heterocycles. The molecule has 0 amide bonds. The zero-order valence-corrected chi connectivity index (χ0v) is 14.0. The minimum absolute atomic E-state index is 0.783. The predicted octanol–water partition coefficient (Wildman–Crippen LogP) is 4.25. The number of rotatable bonds is 6. The molecule has 1 aliphatic rings. The number of aryl methyl sites for hydroxylation is 2. The van der Waals surface area contributed by atoms with E-state index in [0.717, 1.165) is 19.1 Å². The number of anilines is 1. The maximum atomic E-state index is 3.60. The van der Waals surface area contributed by atoms with E-state index < -0.39 is 0 Å². The molecule has 1 heterocycles. The van der Waals surface area contributed by atoms with Gasteiger partial charge in [0.15, 0.2) is 0 Å². The van der Waals surface area contributed by atoms with E-state index in [0.29, 0.717) is 0 Å². The molecule has 1 aromatic heterocycles. The molecule has 1 aromatic carbocycles. The molecule has 3 rings (SSSR count). The molecule has 1 fully saturated rings. The first-order valence-corrected chi connectivity index (χ1v) is 8.53. The second-order valence-electron chi connectivity index (χ2n) is 6.14. The zero-order valence-electron chi connectivity index (χ0n) is 13.1. The average Bonchev–Trinajstić information content (AvgIpc) is 3.23. The van der Waals surface area contributed by atoms with Gasteiger partial charge in [-0.2, -0.15) is 0 Å². The van der Waals surface area contributed by atoms with Gasteiger partial charge in [-0.1, -0.05) is 17.7 Å². The fraction of sp³-hybridized carbons (Fsp3) is 0.444. The van der Waals surface area contributed by atoms with Crippen molar-refractivity contribution in [3.63, 3.8) is 0 Å². The van der Waals surface area contributed by atoms with E-state index in [1.54, 1.807) is 0 Å². The number of nitrogens with zero attached hydrogens (tertiary/aromatic N) is 1. The highest BCUT2D eigenvalue weighted by Crippen LogP contribution is 2.26. The highest BCUT2D eigenvalue weighted by molar-refractivity contribution is 7.12. The van der Waals surface area contributed by atoms with E-state index in [-0.39, 0.29) is 0 Å². The summed E-state index contributed by atoms with van der Waals surface area (Å²) in [6.45, 7) is 6.38. The summed E-state index contributed by atoms with van der Waals surface area (Å²) in [5.74, 6) is 0. The van der Waals surface area contributed by atoms with E-state index in [4.69, 9.17) is 0 Å². The summed E-state index contributed by atoms with van der Waals surface area (Å²) in [5.41, 5.74) is 4.05. The molecule has 0 spiro atoms. The summed E-state index contributed by atoms with van der Waals surface area (Å²) in [6.07, 6.45) is 2.71. The third-order valence-electron chi connectivity index (χ3n) is 4.10. The van der Waals surface area contributed by atoms with E-state index in [1.807, 2.05) is 11.3 Å². The van der Waals surface area contributed by atoms with Gasteiger partial charge in [0, 0.05) is 41.6 Å². The lowest BCUT2D eigenvalue weighted by Gasteiger charge is -2.19. The molecule has 2 aromatic rings. The number of thiophene rings is 1. The SMILES string of the molecule is Cc1ccc(N(C)Cc2cc(CNC3CC3)sc2C)cc1. The number of benzene rings is 1. The van der Waals surface area contributed by atoms with Gasteiger partial charge in [-0.25, -0.2) is 0 Å². The van der Waals surface area contributed by atoms with Gasteiger partial charge in [0.25, 0.3) is 0 Å². The molecule has 112 valence electrons. The summed E-state index contributed by atoms with van der Waals surface area (Å²) < 4.78 is 0. The van der Waals surface area contributed by atoms with Crippen molar-refractivity contribution in [1.29, 1.82) is 0 Å². The van der Waals surface area contributed by atoms with Crippen LogP contribution in [0.25, 0.3) is 0 Å². The molecule has 1 N–H and O–H groups in total. The Morgan fingerprint density at radius 2 is 1.90 bits per heavy atom. The smallest absolute Gasteiger partial charge is 0.0437 e. The summed E-state index contributed by atoms with van der Waals surface area (Å²) in [7, 11) is 2.17. The Labute approximate surface area is 131 Å². The maximum Gasteiger partial charge on any atom is 0.0437 e. The van der Waals surface area contributed by atoms with Crippen LogP contribution in [0.1, 0.15) is 33.7 Å². The fourth-order valence-electron chi connectivity index (χ4n) is 2.51. The van der Waals surface area contributed by atoms with Gasteiger partial charge in [-0.05, 0) is 50.5 Å². The van der Waals surface area contributed by atoms with Crippen molar-refractivity contribution < 1.29 is 0 Å². The van der Waals surface area contributed by atoms with Crippen molar-refractivity contribution in [1.82, 2.24) is 5.32 Å². The normalized spacial score (nSPS) is 14.4. The van der Waals surface area contributed by atoms with Gasteiger partial charge < -0.3 is 10.2 Å². The van der Waals surface area contributed by atoms with Crippen LogP contribution in [-0.2, 0) is 13.1 Å². The van der Waals surface area contributed by atoms with Crippen molar-refractivity contribution >= 4 is 17.0 Å². The predicted molar refractivity (Wildman–Crippen MR) is 92.2 cm³/mol. The maximum absolute atomic E-state index is 3.60. The summed E-state index contributed by atoms with van der Waals surface area (Å²) >= 11 is 1.93. The molecule has 1 saturated carbocycles. The van der Waals surface area contributed by atoms with Crippen LogP contribution in [-0.4, -0.2) is 13.1 Å². The Morgan fingerprint density at radius 3 is 2.57 bits per heavy atom. The topological polar surface area (TPSA) is 15.3 Å². The third kappa shape index (κ3) is 3.86. The monoisotopic (exact) mass is 300 g/mol. The van der Waals surface area contributed by atoms with E-state index in [9.17, 15) is 0 Å². The van der Waals surface area contributed by atoms with Crippen molar-refractivity contribution in [3.05, 3.63) is 51.2 Å². The van der Waals surface area contributed by atoms with Crippen molar-refractivity contribution in [3.8, 4) is 0 Å². The lowest BCUT2D eigenvalue weighted by Crippen LogP contribution is -2.16. The first-order chi connectivity index (χ1) is 10.1. The fourth-order valence-corrected chi connectivity index (χ4v) is 3.51. The average molecular weight is 300 g/mol. The Hall–Kier alpha value is -1.32. The highest BCUT2D eigenvalue weighted by Gasteiger charge is 2.20. The molecular formula is C18H24N2S. The zero-order chi connectivity index (χ0) is 14.8. The lowest BCUT2D eigenvalue weighted by molar-refractivity contribution is 0.695. The summed E-state index contributed by atoms with van der Waals surface area (Å²) in [6, 6.07) is 11.9. The van der Waals surface area contributed by atoms with E-state index >= 15 is 0 Å². The standard InChI is InChI=1S/C18H24N2S/c1-13-4-8-17(9-5-13)20(3)12-15-10-18(21-14(15)2)11-19-16-6-7-16/h4-5,8-10,16,19H,6-7,11-12H2,1-3H3. The first-order valence-electron chi connectivity index (χ1n) is 7.71. The van der Waals surface area contributed by atoms with Gasteiger partial charge in [0.2, 0.25) is 0 Å². The quantitative estimate of drug-likeness (QED) is 0.858. The Balaban J connectivity index is 1.64. The van der Waals surface area contributed by atoms with Gasteiger partial charge in [-0.3, -0.25) is 0 Å². The van der Waals surface area contributed by atoms with Crippen LogP contribution in [0.15, 0.2) is 30.3 Å². The molecule has 21 heavy (non-hydrogen) atoms. The van der Waals surface area contributed by atoms with E-state index in [1.165, 1.54) is 39.4 Å². The largest absolute Gasteiger partial charge is 0.370 e. The Bertz CT molecular complexity index is 596. The van der Waals surface area contributed by atoms with Crippen LogP contribution in [0.3, 0.4) is 0 Å². The van der Waals surface area contributed by atoms with Crippen LogP contribution >= 0.6 is 11.3 Å². The molecule has 0 atom stereocenters. The Morgan fingerprint density at radius 1 is 1.19 bits per heavy atom. The number of nitrogens with one attached hydrogen (secondary N) is 1. The minimum Gasteiger partial charge on any atom is -0.370 e. The second-order valence-corrected chi connectivity index (χ2v) is 7.48. The summed E-state index contributed by atoms with van der Waals surface area (Å²) in [5, 5.41) is 3.60. The molecule has 0 unspecified atom stereocenters. The molecule has 0 bridgehead atoms. The van der Waals surface area contributed by atoms with Crippen LogP contribution in [0.4, 0.5) is 5.69 Å². The van der Waals surface area contributed by atoms with Crippen LogP contribution in [0.2, 0.25) is 0 Å². The lowest BCUT2D eigenvalue weighted by atomic mass is 10.2. The second kappa shape index (κ2) is 6.20. The van der Waals surface area contributed by atoms with Gasteiger partial charge in [0.05, 0.1) is 0 Å². The van der Waals surface area contributed by atoms with Crippen molar-refractivity contribution in [2.45, 2.75) is 45.8 Å². The van der Waals surface area contributed by atoms with Gasteiger partial charge >= 0.3 is 0 Å². The molecule has 2 nitrogen and oxygen atoms in total. The molecule has 0 aliphatic heterocycles. The Kier molecular flexibility index (Phi) is 4.32. The van der Waals surface area contributed by atoms with Crippen LogP contribution in [0, 0.1) is 13.8 Å². The molecule has 1 aliphatic carbocycles. The summed E-state index contributed by atoms with van der Waals surface area (Å²) in [4.78, 5) is 5.24. The minimum atomic E-state index is 0.783. The number of hydrogen-bond donors (Lipinski definition) is 1. The molecule has 0 radical (unpaired) electrons. The van der Waals surface area contributed by atoms with Crippen molar-refractivity contribution in [2.24, 2.45) is 0 Å².